The van der Waals surface area contributed by atoms with Crippen molar-refractivity contribution in [3.05, 3.63) is 28.0 Å². The smallest absolute Gasteiger partial charge is 0.255 e. The molecule has 21 heavy (non-hydrogen) atoms. The van der Waals surface area contributed by atoms with Crippen LogP contribution in [0.1, 0.15) is 36.5 Å². The molecule has 1 N–H and O–H groups in total. The first-order valence-electron chi connectivity index (χ1n) is 6.91. The molecule has 0 radical (unpaired) electrons. The van der Waals surface area contributed by atoms with E-state index in [0.717, 1.165) is 12.8 Å². The maximum absolute atomic E-state index is 12.3. The third kappa shape index (κ3) is 4.08. The van der Waals surface area contributed by atoms with Gasteiger partial charge in [-0.15, -0.1) is 0 Å². The summed E-state index contributed by atoms with van der Waals surface area (Å²) in [5.41, 5.74) is 0.431. The van der Waals surface area contributed by atoms with Crippen LogP contribution in [0.2, 0.25) is 10.2 Å². The number of amides is 2. The standard InChI is InChI=1S/C14H17Cl2N3O2/c1-2-12(20)18-10-3-5-19(6-4-10)14(21)9-7-11(15)13(16)17-8-9/h7-8,10H,2-6H2,1H3,(H,18,20). The van der Waals surface area contributed by atoms with Crippen molar-refractivity contribution in [2.24, 2.45) is 0 Å². The van der Waals surface area contributed by atoms with E-state index in [9.17, 15) is 9.59 Å². The van der Waals surface area contributed by atoms with E-state index in [-0.39, 0.29) is 28.0 Å². The van der Waals surface area contributed by atoms with Gasteiger partial charge in [0.1, 0.15) is 5.15 Å². The highest BCUT2D eigenvalue weighted by Gasteiger charge is 2.24. The van der Waals surface area contributed by atoms with Gasteiger partial charge in [0, 0.05) is 31.7 Å². The number of nitrogens with zero attached hydrogens (tertiary/aromatic N) is 2. The number of halogens is 2. The van der Waals surface area contributed by atoms with Gasteiger partial charge >= 0.3 is 0 Å². The Morgan fingerprint density at radius 3 is 2.62 bits per heavy atom. The van der Waals surface area contributed by atoms with Gasteiger partial charge in [-0.25, -0.2) is 4.98 Å². The van der Waals surface area contributed by atoms with Crippen molar-refractivity contribution < 1.29 is 9.59 Å². The highest BCUT2D eigenvalue weighted by atomic mass is 35.5. The molecule has 1 fully saturated rings. The second-order valence-electron chi connectivity index (χ2n) is 4.98. The van der Waals surface area contributed by atoms with Gasteiger partial charge in [0.15, 0.2) is 0 Å². The Balaban J connectivity index is 1.93. The Labute approximate surface area is 133 Å². The molecule has 2 amide bonds. The normalized spacial score (nSPS) is 15.9. The summed E-state index contributed by atoms with van der Waals surface area (Å²) in [4.78, 5) is 29.3. The van der Waals surface area contributed by atoms with Crippen molar-refractivity contribution in [3.63, 3.8) is 0 Å². The number of hydrogen-bond donors (Lipinski definition) is 1. The van der Waals surface area contributed by atoms with Crippen LogP contribution in [0.15, 0.2) is 12.3 Å². The van der Waals surface area contributed by atoms with Crippen LogP contribution >= 0.6 is 23.2 Å². The van der Waals surface area contributed by atoms with Crippen LogP contribution in [-0.4, -0.2) is 40.8 Å². The van der Waals surface area contributed by atoms with Crippen LogP contribution in [-0.2, 0) is 4.79 Å². The monoisotopic (exact) mass is 329 g/mol. The average Bonchev–Trinajstić information content (AvgIpc) is 2.50. The summed E-state index contributed by atoms with van der Waals surface area (Å²) in [7, 11) is 0. The van der Waals surface area contributed by atoms with Crippen LogP contribution < -0.4 is 5.32 Å². The van der Waals surface area contributed by atoms with Gasteiger partial charge in [0.2, 0.25) is 5.91 Å². The van der Waals surface area contributed by atoms with Crippen molar-refractivity contribution in [1.29, 1.82) is 0 Å². The Hall–Kier alpha value is -1.33. The second kappa shape index (κ2) is 7.09. The molecule has 0 aliphatic carbocycles. The Bertz CT molecular complexity index is 543. The first kappa shape index (κ1) is 16.0. The lowest BCUT2D eigenvalue weighted by Gasteiger charge is -2.32. The second-order valence-corrected chi connectivity index (χ2v) is 5.75. The SMILES string of the molecule is CCC(=O)NC1CCN(C(=O)c2cnc(Cl)c(Cl)c2)CC1. The molecular weight excluding hydrogens is 313 g/mol. The van der Waals surface area contributed by atoms with E-state index in [4.69, 9.17) is 23.2 Å². The molecule has 0 aromatic carbocycles. The van der Waals surface area contributed by atoms with Crippen molar-refractivity contribution in [2.45, 2.75) is 32.2 Å². The molecule has 1 aliphatic heterocycles. The maximum atomic E-state index is 12.3. The predicted molar refractivity (Wildman–Crippen MR) is 81.6 cm³/mol. The fraction of sp³-hybridized carbons (Fsp3) is 0.500. The number of carbonyl (C=O) groups excluding carboxylic acids is 2. The van der Waals surface area contributed by atoms with Gasteiger partial charge < -0.3 is 10.2 Å². The zero-order valence-electron chi connectivity index (χ0n) is 11.7. The van der Waals surface area contributed by atoms with E-state index in [2.05, 4.69) is 10.3 Å². The summed E-state index contributed by atoms with van der Waals surface area (Å²) in [6, 6.07) is 1.68. The Kier molecular flexibility index (Phi) is 5.42. The van der Waals surface area contributed by atoms with E-state index < -0.39 is 0 Å². The van der Waals surface area contributed by atoms with E-state index in [1.807, 2.05) is 6.92 Å². The lowest BCUT2D eigenvalue weighted by atomic mass is 10.0. The molecular formula is C14H17Cl2N3O2. The molecule has 1 aliphatic rings. The molecule has 2 rings (SSSR count). The van der Waals surface area contributed by atoms with Gasteiger partial charge in [-0.1, -0.05) is 30.1 Å². The van der Waals surface area contributed by atoms with E-state index in [1.54, 1.807) is 4.90 Å². The fourth-order valence-electron chi connectivity index (χ4n) is 2.28. The quantitative estimate of drug-likeness (QED) is 0.866. The third-order valence-electron chi connectivity index (χ3n) is 3.51. The largest absolute Gasteiger partial charge is 0.353 e. The highest BCUT2D eigenvalue weighted by Crippen LogP contribution is 2.21. The first-order valence-corrected chi connectivity index (χ1v) is 7.66. The average molecular weight is 330 g/mol. The lowest BCUT2D eigenvalue weighted by Crippen LogP contribution is -2.46. The third-order valence-corrected chi connectivity index (χ3v) is 4.20. The van der Waals surface area contributed by atoms with Crippen molar-refractivity contribution in [1.82, 2.24) is 15.2 Å². The van der Waals surface area contributed by atoms with E-state index in [1.165, 1.54) is 12.3 Å². The number of likely N-dealkylation sites (tertiary alicyclic amines) is 1. The Morgan fingerprint density at radius 1 is 1.38 bits per heavy atom. The number of pyridine rings is 1. The van der Waals surface area contributed by atoms with Crippen LogP contribution in [0.5, 0.6) is 0 Å². The number of hydrogen-bond acceptors (Lipinski definition) is 3. The highest BCUT2D eigenvalue weighted by molar-refractivity contribution is 6.41. The zero-order valence-corrected chi connectivity index (χ0v) is 13.2. The zero-order chi connectivity index (χ0) is 15.4. The summed E-state index contributed by atoms with van der Waals surface area (Å²) in [5.74, 6) is -0.0604. The number of aromatic nitrogens is 1. The summed E-state index contributed by atoms with van der Waals surface area (Å²) in [5, 5.41) is 3.42. The molecule has 7 heteroatoms. The predicted octanol–water partition coefficient (Wildman–Crippen LogP) is 2.52. The number of piperidine rings is 1. The van der Waals surface area contributed by atoms with E-state index >= 15 is 0 Å². The molecule has 0 atom stereocenters. The molecule has 5 nitrogen and oxygen atoms in total. The molecule has 1 aromatic rings. The molecule has 0 saturated carbocycles. The number of carbonyl (C=O) groups is 2. The van der Waals surface area contributed by atoms with Crippen molar-refractivity contribution >= 4 is 35.0 Å². The molecule has 0 unspecified atom stereocenters. The molecule has 0 spiro atoms. The van der Waals surface area contributed by atoms with Crippen molar-refractivity contribution in [3.8, 4) is 0 Å². The maximum Gasteiger partial charge on any atom is 0.255 e. The number of nitrogens with one attached hydrogen (secondary N) is 1. The minimum Gasteiger partial charge on any atom is -0.353 e. The van der Waals surface area contributed by atoms with Crippen LogP contribution in [0, 0.1) is 0 Å². The molecule has 2 heterocycles. The molecule has 1 aromatic heterocycles. The van der Waals surface area contributed by atoms with Crippen molar-refractivity contribution in [2.75, 3.05) is 13.1 Å². The van der Waals surface area contributed by atoms with Gasteiger partial charge in [-0.3, -0.25) is 9.59 Å². The summed E-state index contributed by atoms with van der Waals surface area (Å²) in [6.07, 6.45) is 3.42. The number of rotatable bonds is 3. The van der Waals surface area contributed by atoms with Crippen LogP contribution in [0.3, 0.4) is 0 Å². The van der Waals surface area contributed by atoms with Gasteiger partial charge in [0.05, 0.1) is 10.6 Å². The van der Waals surface area contributed by atoms with Crippen LogP contribution in [0.25, 0.3) is 0 Å². The first-order chi connectivity index (χ1) is 10.0. The van der Waals surface area contributed by atoms with Gasteiger partial charge in [-0.05, 0) is 18.9 Å². The minimum atomic E-state index is -0.110. The summed E-state index contributed by atoms with van der Waals surface area (Å²) in [6.45, 7) is 3.03. The topological polar surface area (TPSA) is 62.3 Å². The molecule has 1 saturated heterocycles. The van der Waals surface area contributed by atoms with E-state index in [0.29, 0.717) is 25.1 Å². The summed E-state index contributed by atoms with van der Waals surface area (Å²) >= 11 is 11.6. The van der Waals surface area contributed by atoms with Crippen LogP contribution in [0.4, 0.5) is 0 Å². The Morgan fingerprint density at radius 2 is 2.05 bits per heavy atom. The molecule has 0 bridgehead atoms. The van der Waals surface area contributed by atoms with Gasteiger partial charge in [0.25, 0.3) is 5.91 Å². The minimum absolute atomic E-state index is 0.0495. The van der Waals surface area contributed by atoms with Gasteiger partial charge in [-0.2, -0.15) is 0 Å². The summed E-state index contributed by atoms with van der Waals surface area (Å²) < 4.78 is 0. The fourth-order valence-corrected chi connectivity index (χ4v) is 2.55. The lowest BCUT2D eigenvalue weighted by molar-refractivity contribution is -0.121. The molecule has 114 valence electrons.